The molecule has 0 saturated heterocycles. The number of hydrogen-bond donors (Lipinski definition) is 0. The van der Waals surface area contributed by atoms with Gasteiger partial charge in [-0.3, -0.25) is 4.79 Å². The fraction of sp³-hybridized carbons (Fsp3) is 0.750. The average Bonchev–Trinajstić information content (AvgIpc) is 1.60. The summed E-state index contributed by atoms with van der Waals surface area (Å²) in [6.07, 6.45) is 0.523. The van der Waals surface area contributed by atoms with Crippen molar-refractivity contribution in [3.8, 4) is 0 Å². The third-order valence-corrected chi connectivity index (χ3v) is 2.89. The van der Waals surface area contributed by atoms with Crippen molar-refractivity contribution in [2.45, 2.75) is 13.4 Å². The monoisotopic (exact) mass is 418 g/mol. The summed E-state index contributed by atoms with van der Waals surface area (Å²) in [5.74, 6) is 0. The van der Waals surface area contributed by atoms with Crippen LogP contribution in [0.15, 0.2) is 0 Å². The highest BCUT2D eigenvalue weighted by Crippen LogP contribution is 2.39. The second-order valence-electron chi connectivity index (χ2n) is 1.59. The van der Waals surface area contributed by atoms with Crippen LogP contribution in [0.4, 0.5) is 0 Å². The molecule has 10 heavy (non-hydrogen) atoms. The Morgan fingerprint density at radius 2 is 1.90 bits per heavy atom. The van der Waals surface area contributed by atoms with E-state index in [1.165, 1.54) is 0 Å². The predicted octanol–water partition coefficient (Wildman–Crippen LogP) is 3.74. The van der Waals surface area contributed by atoms with Gasteiger partial charge in [0.2, 0.25) is 5.24 Å². The lowest BCUT2D eigenvalue weighted by molar-refractivity contribution is -0.111. The Kier molecular flexibility index (Phi) is 5.70. The SMILES string of the molecule is O=C(Cl)C(Br)CC(Br)(Br)Br. The first-order chi connectivity index (χ1) is 4.33. The lowest BCUT2D eigenvalue weighted by atomic mass is 10.4. The zero-order valence-electron chi connectivity index (χ0n) is 4.58. The minimum atomic E-state index is -0.411. The van der Waals surface area contributed by atoms with Crippen LogP contribution in [0.2, 0.25) is 0 Å². The molecule has 1 nitrogen and oxygen atoms in total. The molecule has 0 aliphatic heterocycles. The van der Waals surface area contributed by atoms with E-state index in [2.05, 4.69) is 63.7 Å². The summed E-state index contributed by atoms with van der Waals surface area (Å²) in [7, 11) is 0. The predicted molar refractivity (Wildman–Crippen MR) is 57.7 cm³/mol. The number of rotatable bonds is 2. The molecule has 6 heteroatoms. The molecule has 0 bridgehead atoms. The Labute approximate surface area is 97.8 Å². The zero-order valence-corrected chi connectivity index (χ0v) is 11.7. The van der Waals surface area contributed by atoms with Gasteiger partial charge in [0.1, 0.15) is 2.14 Å². The van der Waals surface area contributed by atoms with E-state index >= 15 is 0 Å². The van der Waals surface area contributed by atoms with Gasteiger partial charge in [0, 0.05) is 6.42 Å². The Hall–Kier alpha value is 1.88. The zero-order chi connectivity index (χ0) is 8.36. The molecule has 0 rings (SSSR count). The van der Waals surface area contributed by atoms with E-state index in [-0.39, 0.29) is 4.83 Å². The maximum Gasteiger partial charge on any atom is 0.235 e. The third kappa shape index (κ3) is 6.58. The molecule has 0 amide bonds. The highest BCUT2D eigenvalue weighted by atomic mass is 80.0. The van der Waals surface area contributed by atoms with Gasteiger partial charge >= 0.3 is 0 Å². The molecule has 0 N–H and O–H groups in total. The molecule has 0 fully saturated rings. The Balaban J connectivity index is 3.80. The number of carbonyl (C=O) groups excluding carboxylic acids is 1. The van der Waals surface area contributed by atoms with Gasteiger partial charge < -0.3 is 0 Å². The lowest BCUT2D eigenvalue weighted by Gasteiger charge is -2.13. The first-order valence-corrected chi connectivity index (χ1v) is 5.90. The van der Waals surface area contributed by atoms with Crippen LogP contribution in [0.5, 0.6) is 0 Å². The molecule has 0 heterocycles. The van der Waals surface area contributed by atoms with Gasteiger partial charge in [0.05, 0.1) is 4.83 Å². The molecular weight excluding hydrogens is 419 g/mol. The van der Waals surface area contributed by atoms with Crippen molar-refractivity contribution in [1.29, 1.82) is 0 Å². The van der Waals surface area contributed by atoms with Gasteiger partial charge in [-0.2, -0.15) is 0 Å². The summed E-state index contributed by atoms with van der Waals surface area (Å²) in [5, 5.41) is -0.400. The molecule has 0 radical (unpaired) electrons. The van der Waals surface area contributed by atoms with Crippen molar-refractivity contribution < 1.29 is 4.79 Å². The highest BCUT2D eigenvalue weighted by molar-refractivity contribution is 9.39. The van der Waals surface area contributed by atoms with E-state index < -0.39 is 7.39 Å². The van der Waals surface area contributed by atoms with Crippen LogP contribution < -0.4 is 0 Å². The van der Waals surface area contributed by atoms with Gasteiger partial charge in [0.25, 0.3) is 0 Å². The quantitative estimate of drug-likeness (QED) is 0.490. The van der Waals surface area contributed by atoms with Crippen molar-refractivity contribution in [3.05, 3.63) is 0 Å². The highest BCUT2D eigenvalue weighted by Gasteiger charge is 2.25. The molecule has 60 valence electrons. The van der Waals surface area contributed by atoms with E-state index in [1.54, 1.807) is 0 Å². The molecule has 0 aromatic heterocycles. The molecule has 0 saturated carbocycles. The van der Waals surface area contributed by atoms with Gasteiger partial charge in [-0.15, -0.1) is 0 Å². The van der Waals surface area contributed by atoms with Crippen LogP contribution >= 0.6 is 75.3 Å². The van der Waals surface area contributed by atoms with Crippen LogP contribution in [-0.4, -0.2) is 12.2 Å². The molecular formula is C4H3Br4ClO. The van der Waals surface area contributed by atoms with Crippen molar-refractivity contribution in [2.24, 2.45) is 0 Å². The fourth-order valence-corrected chi connectivity index (χ4v) is 3.12. The first-order valence-electron chi connectivity index (χ1n) is 2.23. The normalized spacial score (nSPS) is 14.9. The Morgan fingerprint density at radius 3 is 2.00 bits per heavy atom. The summed E-state index contributed by atoms with van der Waals surface area (Å²) in [6.45, 7) is 0. The standard InChI is InChI=1S/C4H3Br4ClO/c5-2(3(9)10)1-4(6,7)8/h2H,1H2. The van der Waals surface area contributed by atoms with Crippen LogP contribution in [0.25, 0.3) is 0 Å². The van der Waals surface area contributed by atoms with Crippen molar-refractivity contribution >= 4 is 80.6 Å². The minimum Gasteiger partial charge on any atom is -0.280 e. The number of carbonyl (C=O) groups is 1. The van der Waals surface area contributed by atoms with Crippen LogP contribution in [0, 0.1) is 0 Å². The average molecular weight is 422 g/mol. The fourth-order valence-electron chi connectivity index (χ4n) is 0.283. The molecule has 1 atom stereocenters. The van der Waals surface area contributed by atoms with Crippen LogP contribution in [-0.2, 0) is 4.79 Å². The summed E-state index contributed by atoms with van der Waals surface area (Å²) in [6, 6.07) is 0. The van der Waals surface area contributed by atoms with Crippen molar-refractivity contribution in [3.63, 3.8) is 0 Å². The molecule has 0 aromatic carbocycles. The summed E-state index contributed by atoms with van der Waals surface area (Å²) in [5.41, 5.74) is 0. The topological polar surface area (TPSA) is 17.1 Å². The Morgan fingerprint density at radius 1 is 1.50 bits per heavy atom. The number of alkyl halides is 4. The largest absolute Gasteiger partial charge is 0.280 e. The Bertz CT molecular complexity index is 132. The van der Waals surface area contributed by atoms with Gasteiger partial charge in [-0.05, 0) is 11.6 Å². The molecule has 0 aromatic rings. The summed E-state index contributed by atoms with van der Waals surface area (Å²) < 4.78 is -0.411. The van der Waals surface area contributed by atoms with E-state index in [0.717, 1.165) is 0 Å². The van der Waals surface area contributed by atoms with E-state index in [0.29, 0.717) is 6.42 Å². The number of halogens is 5. The molecule has 0 aliphatic rings. The molecule has 1 unspecified atom stereocenters. The van der Waals surface area contributed by atoms with Gasteiger partial charge in [-0.25, -0.2) is 0 Å². The molecule has 0 aliphatic carbocycles. The van der Waals surface area contributed by atoms with E-state index in [9.17, 15) is 4.79 Å². The van der Waals surface area contributed by atoms with E-state index in [1.807, 2.05) is 0 Å². The van der Waals surface area contributed by atoms with E-state index in [4.69, 9.17) is 11.6 Å². The van der Waals surface area contributed by atoms with Crippen LogP contribution in [0.1, 0.15) is 6.42 Å². The maximum atomic E-state index is 10.5. The first kappa shape index (κ1) is 11.9. The summed E-state index contributed by atoms with van der Waals surface area (Å²) >= 11 is 18.0. The lowest BCUT2D eigenvalue weighted by Crippen LogP contribution is -2.15. The van der Waals surface area contributed by atoms with Crippen molar-refractivity contribution in [2.75, 3.05) is 0 Å². The smallest absolute Gasteiger partial charge is 0.235 e. The number of hydrogen-bond acceptors (Lipinski definition) is 1. The second-order valence-corrected chi connectivity index (χ2v) is 10.3. The molecule has 0 spiro atoms. The summed E-state index contributed by atoms with van der Waals surface area (Å²) in [4.78, 5) is 10.1. The third-order valence-electron chi connectivity index (χ3n) is 0.657. The van der Waals surface area contributed by atoms with Crippen molar-refractivity contribution in [1.82, 2.24) is 0 Å². The van der Waals surface area contributed by atoms with Gasteiger partial charge in [0.15, 0.2) is 0 Å². The second kappa shape index (κ2) is 4.80. The van der Waals surface area contributed by atoms with Crippen LogP contribution in [0.3, 0.4) is 0 Å². The minimum absolute atomic E-state index is 0.340. The maximum absolute atomic E-state index is 10.5. The van der Waals surface area contributed by atoms with Gasteiger partial charge in [-0.1, -0.05) is 63.7 Å².